The highest BCUT2D eigenvalue weighted by Gasteiger charge is 2.52. The van der Waals surface area contributed by atoms with Gasteiger partial charge in [0.15, 0.2) is 0 Å². The van der Waals surface area contributed by atoms with Gasteiger partial charge in [-0.15, -0.1) is 12.4 Å². The molecule has 1 amide bonds. The molecule has 1 aromatic rings. The molecule has 9 heteroatoms. The van der Waals surface area contributed by atoms with Crippen molar-refractivity contribution in [1.82, 2.24) is 4.90 Å². The predicted octanol–water partition coefficient (Wildman–Crippen LogP) is 2.86. The molecule has 140 valence electrons. The van der Waals surface area contributed by atoms with Crippen molar-refractivity contribution in [3.05, 3.63) is 29.3 Å². The minimum absolute atomic E-state index is 0. The maximum atomic E-state index is 12.9. The zero-order valence-electron chi connectivity index (χ0n) is 13.8. The lowest BCUT2D eigenvalue weighted by molar-refractivity contribution is -0.188. The molecule has 0 aromatic heterocycles. The molecule has 1 aliphatic heterocycles. The number of nitrogens with zero attached hydrogens (tertiary/aromatic N) is 1. The van der Waals surface area contributed by atoms with E-state index < -0.39 is 36.4 Å². The Morgan fingerprint density at radius 1 is 1.28 bits per heavy atom. The van der Waals surface area contributed by atoms with Crippen molar-refractivity contribution in [2.75, 3.05) is 25.0 Å². The second-order valence-corrected chi connectivity index (χ2v) is 6.15. The summed E-state index contributed by atoms with van der Waals surface area (Å²) in [5.41, 5.74) is 2.47. The smallest absolute Gasteiger partial charge is 0.393 e. The van der Waals surface area contributed by atoms with Crippen molar-refractivity contribution < 1.29 is 27.9 Å². The quantitative estimate of drug-likeness (QED) is 0.842. The van der Waals surface area contributed by atoms with Crippen LogP contribution in [-0.2, 0) is 9.59 Å². The monoisotopic (exact) mass is 380 g/mol. The number of carbonyl (C=O) groups is 2. The van der Waals surface area contributed by atoms with Gasteiger partial charge in [-0.25, -0.2) is 0 Å². The molecule has 2 rings (SSSR count). The fraction of sp³-hybridized carbons (Fsp3) is 0.500. The number of hydrogen-bond donors (Lipinski definition) is 2. The Morgan fingerprint density at radius 2 is 1.92 bits per heavy atom. The molecule has 0 saturated carbocycles. The van der Waals surface area contributed by atoms with E-state index in [2.05, 4.69) is 5.32 Å². The Kier molecular flexibility index (Phi) is 6.84. The minimum atomic E-state index is -4.60. The number of amides is 1. The van der Waals surface area contributed by atoms with Crippen LogP contribution in [0.3, 0.4) is 0 Å². The Balaban J connectivity index is 0.00000312. The van der Waals surface area contributed by atoms with Gasteiger partial charge in [0.2, 0.25) is 5.91 Å². The highest BCUT2D eigenvalue weighted by molar-refractivity contribution is 5.93. The van der Waals surface area contributed by atoms with Crippen LogP contribution in [0.25, 0.3) is 0 Å². The van der Waals surface area contributed by atoms with Crippen LogP contribution in [0, 0.1) is 25.7 Å². The Labute approximate surface area is 149 Å². The van der Waals surface area contributed by atoms with Crippen molar-refractivity contribution in [1.29, 1.82) is 0 Å². The van der Waals surface area contributed by atoms with E-state index in [-0.39, 0.29) is 25.5 Å². The molecule has 1 fully saturated rings. The molecule has 0 unspecified atom stereocenters. The maximum Gasteiger partial charge on any atom is 0.393 e. The molecule has 0 radical (unpaired) electrons. The van der Waals surface area contributed by atoms with Crippen molar-refractivity contribution in [2.45, 2.75) is 20.0 Å². The third-order valence-corrected chi connectivity index (χ3v) is 4.16. The standard InChI is InChI=1S/C16H19F3N2O3.ClH/c1-9-3-4-13(10(2)5-9)20-14(22)8-21-6-11(15(23)24)12(7-21)16(17,18)19;/h3-5,11-12H,6-8H2,1-2H3,(H,20,22)(H,23,24);1H/t11-,12-;/m1./s1. The van der Waals surface area contributed by atoms with Gasteiger partial charge in [-0.2, -0.15) is 13.2 Å². The van der Waals surface area contributed by atoms with Crippen LogP contribution in [0.4, 0.5) is 18.9 Å². The Morgan fingerprint density at radius 3 is 2.40 bits per heavy atom. The Hall–Kier alpha value is -1.80. The number of carboxylic acid groups (broad SMARTS) is 1. The number of alkyl halides is 3. The summed E-state index contributed by atoms with van der Waals surface area (Å²) < 4.78 is 38.8. The van der Waals surface area contributed by atoms with Gasteiger partial charge in [0.1, 0.15) is 0 Å². The first-order chi connectivity index (χ1) is 11.1. The third-order valence-electron chi connectivity index (χ3n) is 4.16. The summed E-state index contributed by atoms with van der Waals surface area (Å²) in [6.45, 7) is 2.68. The summed E-state index contributed by atoms with van der Waals surface area (Å²) in [5, 5.41) is 11.6. The first-order valence-electron chi connectivity index (χ1n) is 7.47. The number of hydrogen-bond acceptors (Lipinski definition) is 3. The van der Waals surface area contributed by atoms with Gasteiger partial charge in [-0.05, 0) is 25.5 Å². The number of likely N-dealkylation sites (tertiary alicyclic amines) is 1. The summed E-state index contributed by atoms with van der Waals surface area (Å²) in [4.78, 5) is 24.3. The lowest BCUT2D eigenvalue weighted by Crippen LogP contribution is -2.34. The van der Waals surface area contributed by atoms with E-state index in [1.54, 1.807) is 6.07 Å². The summed E-state index contributed by atoms with van der Waals surface area (Å²) in [6, 6.07) is 5.43. The van der Waals surface area contributed by atoms with Crippen molar-refractivity contribution in [3.8, 4) is 0 Å². The van der Waals surface area contributed by atoms with Crippen LogP contribution >= 0.6 is 12.4 Å². The van der Waals surface area contributed by atoms with Crippen LogP contribution < -0.4 is 5.32 Å². The average Bonchev–Trinajstić information content (AvgIpc) is 2.86. The fourth-order valence-corrected chi connectivity index (χ4v) is 2.94. The normalized spacial score (nSPS) is 20.8. The van der Waals surface area contributed by atoms with Gasteiger partial charge >= 0.3 is 12.1 Å². The van der Waals surface area contributed by atoms with E-state index in [0.717, 1.165) is 11.1 Å². The first-order valence-corrected chi connectivity index (χ1v) is 7.47. The lowest BCUT2D eigenvalue weighted by Gasteiger charge is -2.18. The largest absolute Gasteiger partial charge is 0.481 e. The minimum Gasteiger partial charge on any atom is -0.481 e. The second kappa shape index (κ2) is 8.05. The summed E-state index contributed by atoms with van der Waals surface area (Å²) in [7, 11) is 0. The van der Waals surface area contributed by atoms with Crippen LogP contribution in [0.15, 0.2) is 18.2 Å². The van der Waals surface area contributed by atoms with Gasteiger partial charge < -0.3 is 10.4 Å². The van der Waals surface area contributed by atoms with Gasteiger partial charge in [-0.1, -0.05) is 17.7 Å². The van der Waals surface area contributed by atoms with Crippen LogP contribution in [0.5, 0.6) is 0 Å². The molecule has 2 N–H and O–H groups in total. The van der Waals surface area contributed by atoms with Crippen molar-refractivity contribution in [3.63, 3.8) is 0 Å². The van der Waals surface area contributed by atoms with E-state index in [9.17, 15) is 22.8 Å². The highest BCUT2D eigenvalue weighted by Crippen LogP contribution is 2.37. The van der Waals surface area contributed by atoms with E-state index in [0.29, 0.717) is 5.69 Å². The van der Waals surface area contributed by atoms with E-state index in [1.807, 2.05) is 26.0 Å². The van der Waals surface area contributed by atoms with E-state index in [4.69, 9.17) is 5.11 Å². The number of benzene rings is 1. The predicted molar refractivity (Wildman–Crippen MR) is 88.9 cm³/mol. The van der Waals surface area contributed by atoms with Gasteiger partial charge in [-0.3, -0.25) is 14.5 Å². The maximum absolute atomic E-state index is 12.9. The molecular weight excluding hydrogens is 361 g/mol. The number of aliphatic carboxylic acids is 1. The molecule has 1 heterocycles. The molecule has 2 atom stereocenters. The zero-order chi connectivity index (χ0) is 18.1. The molecule has 5 nitrogen and oxygen atoms in total. The molecule has 25 heavy (non-hydrogen) atoms. The zero-order valence-corrected chi connectivity index (χ0v) is 14.6. The molecule has 0 bridgehead atoms. The molecule has 1 saturated heterocycles. The number of carboxylic acids is 1. The van der Waals surface area contributed by atoms with Crippen LogP contribution in [0.2, 0.25) is 0 Å². The summed E-state index contributed by atoms with van der Waals surface area (Å²) in [5.74, 6) is -5.45. The van der Waals surface area contributed by atoms with Crippen LogP contribution in [-0.4, -0.2) is 47.7 Å². The summed E-state index contributed by atoms with van der Waals surface area (Å²) in [6.07, 6.45) is -4.60. The van der Waals surface area contributed by atoms with Crippen LogP contribution in [0.1, 0.15) is 11.1 Å². The molecule has 1 aromatic carbocycles. The summed E-state index contributed by atoms with van der Waals surface area (Å²) >= 11 is 0. The number of rotatable bonds is 4. The number of anilines is 1. The molecule has 0 aliphatic carbocycles. The van der Waals surface area contributed by atoms with Crippen molar-refractivity contribution in [2.24, 2.45) is 11.8 Å². The van der Waals surface area contributed by atoms with Gasteiger partial charge in [0.25, 0.3) is 0 Å². The topological polar surface area (TPSA) is 69.6 Å². The number of carbonyl (C=O) groups excluding carboxylic acids is 1. The molecule has 1 aliphatic rings. The number of nitrogens with one attached hydrogen (secondary N) is 1. The Bertz CT molecular complexity index is 652. The second-order valence-electron chi connectivity index (χ2n) is 6.15. The van der Waals surface area contributed by atoms with E-state index >= 15 is 0 Å². The SMILES string of the molecule is Cc1ccc(NC(=O)CN2C[C@@H](C(F)(F)F)[C@H](C(=O)O)C2)c(C)c1.Cl. The number of aryl methyl sites for hydroxylation is 2. The number of halogens is 4. The van der Waals surface area contributed by atoms with Gasteiger partial charge in [0.05, 0.1) is 18.4 Å². The van der Waals surface area contributed by atoms with Gasteiger partial charge in [0, 0.05) is 18.8 Å². The van der Waals surface area contributed by atoms with E-state index in [1.165, 1.54) is 4.90 Å². The first kappa shape index (κ1) is 21.2. The fourth-order valence-electron chi connectivity index (χ4n) is 2.94. The third kappa shape index (κ3) is 5.34. The lowest BCUT2D eigenvalue weighted by atomic mass is 9.96. The molecule has 0 spiro atoms. The average molecular weight is 381 g/mol. The van der Waals surface area contributed by atoms with Crippen molar-refractivity contribution >= 4 is 30.0 Å². The highest BCUT2D eigenvalue weighted by atomic mass is 35.5. The molecular formula is C16H20ClF3N2O3.